The average molecular weight is 399 g/mol. The number of carbonyl (C=O) groups is 1. The first-order valence-corrected chi connectivity index (χ1v) is 11.4. The van der Waals surface area contributed by atoms with E-state index in [0.717, 1.165) is 16.3 Å². The molecule has 1 saturated heterocycles. The van der Waals surface area contributed by atoms with Gasteiger partial charge in [0.15, 0.2) is 0 Å². The van der Waals surface area contributed by atoms with Crippen molar-refractivity contribution in [3.05, 3.63) is 71.2 Å². The van der Waals surface area contributed by atoms with Gasteiger partial charge in [-0.3, -0.25) is 4.79 Å². The van der Waals surface area contributed by atoms with Gasteiger partial charge in [-0.1, -0.05) is 42.5 Å². The molecule has 1 aromatic heterocycles. The minimum Gasteiger partial charge on any atom is -0.321 e. The standard InChI is InChI=1S/C20H18N2OS3/c23-18(17-13-26-19(22-17)14-6-2-1-3-7-14)21-16-9-4-8-15(12-16)20-24-10-5-11-25-20/h1-4,6-9,12-13,20H,5,10-11H2,(H,21,23). The summed E-state index contributed by atoms with van der Waals surface area (Å²) in [4.78, 5) is 17.1. The summed E-state index contributed by atoms with van der Waals surface area (Å²) in [7, 11) is 0. The molecule has 6 heteroatoms. The maximum atomic E-state index is 12.6. The van der Waals surface area contributed by atoms with Crippen molar-refractivity contribution < 1.29 is 4.79 Å². The predicted octanol–water partition coefficient (Wildman–Crippen LogP) is 5.93. The second-order valence-corrected chi connectivity index (χ2v) is 9.49. The average Bonchev–Trinajstić information content (AvgIpc) is 3.20. The van der Waals surface area contributed by atoms with E-state index in [0.29, 0.717) is 10.3 Å². The van der Waals surface area contributed by atoms with E-state index in [2.05, 4.69) is 22.4 Å². The topological polar surface area (TPSA) is 42.0 Å². The third-order valence-corrected chi connectivity index (χ3v) is 7.91. The number of thioether (sulfide) groups is 2. The molecule has 3 nitrogen and oxygen atoms in total. The highest BCUT2D eigenvalue weighted by atomic mass is 32.2. The summed E-state index contributed by atoms with van der Waals surface area (Å²) in [5.41, 5.74) is 3.58. The predicted molar refractivity (Wildman–Crippen MR) is 114 cm³/mol. The van der Waals surface area contributed by atoms with Gasteiger partial charge in [-0.05, 0) is 35.6 Å². The van der Waals surface area contributed by atoms with Crippen molar-refractivity contribution in [2.75, 3.05) is 16.8 Å². The van der Waals surface area contributed by atoms with E-state index < -0.39 is 0 Å². The van der Waals surface area contributed by atoms with Crippen LogP contribution < -0.4 is 5.32 Å². The van der Waals surface area contributed by atoms with E-state index in [1.165, 1.54) is 34.8 Å². The van der Waals surface area contributed by atoms with Crippen LogP contribution in [-0.4, -0.2) is 22.4 Å². The fourth-order valence-electron chi connectivity index (χ4n) is 2.73. The largest absolute Gasteiger partial charge is 0.321 e. The Labute approximate surface area is 165 Å². The Hall–Kier alpha value is -1.76. The number of hydrogen-bond donors (Lipinski definition) is 1. The summed E-state index contributed by atoms with van der Waals surface area (Å²) in [6, 6.07) is 18.1. The number of nitrogens with one attached hydrogen (secondary N) is 1. The van der Waals surface area contributed by atoms with E-state index in [1.807, 2.05) is 71.4 Å². The molecule has 0 unspecified atom stereocenters. The fourth-order valence-corrected chi connectivity index (χ4v) is 6.41. The van der Waals surface area contributed by atoms with Crippen molar-refractivity contribution in [1.29, 1.82) is 0 Å². The van der Waals surface area contributed by atoms with Crippen LogP contribution >= 0.6 is 34.9 Å². The molecule has 0 atom stereocenters. The Morgan fingerprint density at radius 1 is 1.04 bits per heavy atom. The summed E-state index contributed by atoms with van der Waals surface area (Å²) >= 11 is 5.45. The normalized spacial score (nSPS) is 14.9. The molecule has 0 radical (unpaired) electrons. The van der Waals surface area contributed by atoms with Crippen LogP contribution in [0.4, 0.5) is 5.69 Å². The van der Waals surface area contributed by atoms with Crippen LogP contribution in [-0.2, 0) is 0 Å². The molecule has 1 fully saturated rings. The molecule has 1 amide bonds. The van der Waals surface area contributed by atoms with E-state index in [9.17, 15) is 4.79 Å². The lowest BCUT2D eigenvalue weighted by Crippen LogP contribution is -2.12. The van der Waals surface area contributed by atoms with Gasteiger partial charge in [0.2, 0.25) is 0 Å². The first-order chi connectivity index (χ1) is 12.8. The lowest BCUT2D eigenvalue weighted by atomic mass is 10.2. The smallest absolute Gasteiger partial charge is 0.275 e. The third kappa shape index (κ3) is 4.14. The highest BCUT2D eigenvalue weighted by molar-refractivity contribution is 8.16. The molecule has 26 heavy (non-hydrogen) atoms. The van der Waals surface area contributed by atoms with Gasteiger partial charge in [0.25, 0.3) is 5.91 Å². The monoisotopic (exact) mass is 398 g/mol. The second-order valence-electron chi connectivity index (χ2n) is 5.91. The molecule has 0 aliphatic carbocycles. The van der Waals surface area contributed by atoms with Crippen LogP contribution in [0.2, 0.25) is 0 Å². The quantitative estimate of drug-likeness (QED) is 0.591. The highest BCUT2D eigenvalue weighted by Crippen LogP contribution is 2.44. The second kappa shape index (κ2) is 8.29. The SMILES string of the molecule is O=C(Nc1cccc(C2SCCCS2)c1)c1csc(-c2ccccc2)n1. The number of anilines is 1. The summed E-state index contributed by atoms with van der Waals surface area (Å²) in [5, 5.41) is 5.66. The van der Waals surface area contributed by atoms with Crippen LogP contribution in [0.5, 0.6) is 0 Å². The first-order valence-electron chi connectivity index (χ1n) is 8.45. The van der Waals surface area contributed by atoms with E-state index in [-0.39, 0.29) is 5.91 Å². The van der Waals surface area contributed by atoms with E-state index in [4.69, 9.17) is 0 Å². The molecule has 0 bridgehead atoms. The molecule has 1 N–H and O–H groups in total. The maximum absolute atomic E-state index is 12.6. The Morgan fingerprint density at radius 3 is 2.65 bits per heavy atom. The molecule has 4 rings (SSSR count). The lowest BCUT2D eigenvalue weighted by molar-refractivity contribution is 0.102. The Bertz CT molecular complexity index is 889. The number of carbonyl (C=O) groups excluding carboxylic acids is 1. The zero-order valence-electron chi connectivity index (χ0n) is 14.1. The van der Waals surface area contributed by atoms with Crippen LogP contribution in [0.1, 0.15) is 27.1 Å². The van der Waals surface area contributed by atoms with Crippen molar-refractivity contribution in [2.45, 2.75) is 11.0 Å². The molecule has 0 spiro atoms. The Morgan fingerprint density at radius 2 is 1.85 bits per heavy atom. The highest BCUT2D eigenvalue weighted by Gasteiger charge is 2.17. The zero-order valence-corrected chi connectivity index (χ0v) is 16.5. The molecule has 132 valence electrons. The maximum Gasteiger partial charge on any atom is 0.275 e. The molecule has 2 heterocycles. The summed E-state index contributed by atoms with van der Waals surface area (Å²) < 4.78 is 0.463. The number of hydrogen-bond acceptors (Lipinski definition) is 5. The number of benzene rings is 2. The van der Waals surface area contributed by atoms with Crippen LogP contribution in [0.3, 0.4) is 0 Å². The van der Waals surface area contributed by atoms with Crippen molar-refractivity contribution in [2.24, 2.45) is 0 Å². The van der Waals surface area contributed by atoms with Gasteiger partial charge in [0, 0.05) is 16.6 Å². The van der Waals surface area contributed by atoms with Gasteiger partial charge in [0.1, 0.15) is 10.7 Å². The Kier molecular flexibility index (Phi) is 5.62. The molecule has 1 aliphatic rings. The van der Waals surface area contributed by atoms with E-state index >= 15 is 0 Å². The van der Waals surface area contributed by atoms with Crippen LogP contribution in [0.25, 0.3) is 10.6 Å². The fraction of sp³-hybridized carbons (Fsp3) is 0.200. The van der Waals surface area contributed by atoms with Gasteiger partial charge in [-0.15, -0.1) is 34.9 Å². The molecular formula is C20H18N2OS3. The summed E-state index contributed by atoms with van der Waals surface area (Å²) in [6.45, 7) is 0. The summed E-state index contributed by atoms with van der Waals surface area (Å²) in [6.07, 6.45) is 1.27. The number of amides is 1. The zero-order chi connectivity index (χ0) is 17.8. The lowest BCUT2D eigenvalue weighted by Gasteiger charge is -2.21. The van der Waals surface area contributed by atoms with Gasteiger partial charge in [-0.2, -0.15) is 0 Å². The first kappa shape index (κ1) is 17.6. The number of nitrogens with zero attached hydrogens (tertiary/aromatic N) is 1. The molecule has 2 aromatic carbocycles. The van der Waals surface area contributed by atoms with Gasteiger partial charge >= 0.3 is 0 Å². The van der Waals surface area contributed by atoms with Gasteiger partial charge in [0.05, 0.1) is 4.58 Å². The molecule has 3 aromatic rings. The van der Waals surface area contributed by atoms with E-state index in [1.54, 1.807) is 0 Å². The van der Waals surface area contributed by atoms with Gasteiger partial charge < -0.3 is 5.32 Å². The van der Waals surface area contributed by atoms with Crippen LogP contribution in [0, 0.1) is 0 Å². The molecule has 1 aliphatic heterocycles. The third-order valence-electron chi connectivity index (χ3n) is 4.00. The Balaban J connectivity index is 1.47. The number of thiazole rings is 1. The molecule has 0 saturated carbocycles. The number of aromatic nitrogens is 1. The van der Waals surface area contributed by atoms with Crippen molar-refractivity contribution in [3.63, 3.8) is 0 Å². The van der Waals surface area contributed by atoms with Gasteiger partial charge in [-0.25, -0.2) is 4.98 Å². The molecular weight excluding hydrogens is 380 g/mol. The van der Waals surface area contributed by atoms with Crippen molar-refractivity contribution in [3.8, 4) is 10.6 Å². The van der Waals surface area contributed by atoms with Crippen LogP contribution in [0.15, 0.2) is 60.0 Å². The minimum absolute atomic E-state index is 0.162. The minimum atomic E-state index is -0.162. The number of rotatable bonds is 4. The van der Waals surface area contributed by atoms with Crippen molar-refractivity contribution >= 4 is 46.5 Å². The summed E-state index contributed by atoms with van der Waals surface area (Å²) in [5.74, 6) is 2.24. The van der Waals surface area contributed by atoms with Crippen molar-refractivity contribution in [1.82, 2.24) is 4.98 Å².